The van der Waals surface area contributed by atoms with E-state index in [0.717, 1.165) is 4.47 Å². The van der Waals surface area contributed by atoms with Gasteiger partial charge < -0.3 is 14.8 Å². The molecule has 0 spiro atoms. The molecule has 0 amide bonds. The van der Waals surface area contributed by atoms with Crippen LogP contribution in [0.15, 0.2) is 39.7 Å². The largest absolute Gasteiger partial charge is 0.496 e. The second-order valence-corrected chi connectivity index (χ2v) is 4.66. The van der Waals surface area contributed by atoms with Crippen molar-refractivity contribution in [3.63, 3.8) is 0 Å². The molecular formula is C13H10BrNO4. The first-order chi connectivity index (χ1) is 9.04. The van der Waals surface area contributed by atoms with Crippen molar-refractivity contribution in [3.05, 3.63) is 50.9 Å². The summed E-state index contributed by atoms with van der Waals surface area (Å²) >= 11 is 3.31. The van der Waals surface area contributed by atoms with Gasteiger partial charge in [-0.1, -0.05) is 15.9 Å². The van der Waals surface area contributed by atoms with Gasteiger partial charge in [0.25, 0.3) is 5.56 Å². The van der Waals surface area contributed by atoms with Crippen molar-refractivity contribution in [1.29, 1.82) is 0 Å². The molecule has 6 heteroatoms. The van der Waals surface area contributed by atoms with Gasteiger partial charge in [-0.15, -0.1) is 0 Å². The molecule has 0 aliphatic rings. The number of carboxylic acids is 1. The fraction of sp³-hybridized carbons (Fsp3) is 0.0769. The summed E-state index contributed by atoms with van der Waals surface area (Å²) in [7, 11) is 1.49. The van der Waals surface area contributed by atoms with E-state index in [9.17, 15) is 9.59 Å². The number of hydrogen-bond donors (Lipinski definition) is 2. The maximum atomic E-state index is 11.7. The average Bonchev–Trinajstić information content (AvgIpc) is 2.37. The molecule has 0 bridgehead atoms. The molecule has 5 nitrogen and oxygen atoms in total. The first kappa shape index (κ1) is 13.4. The minimum absolute atomic E-state index is 0.307. The number of pyridine rings is 1. The fourth-order valence-corrected chi connectivity index (χ4v) is 2.17. The van der Waals surface area contributed by atoms with E-state index in [4.69, 9.17) is 9.84 Å². The van der Waals surface area contributed by atoms with Crippen molar-refractivity contribution in [2.24, 2.45) is 0 Å². The lowest BCUT2D eigenvalue weighted by molar-refractivity contribution is 0.0696. The van der Waals surface area contributed by atoms with Crippen LogP contribution in [-0.2, 0) is 0 Å². The Bertz CT molecular complexity index is 693. The standard InChI is InChI=1S/C13H10BrNO4/c1-19-10-3-2-7(14)6-9(10)8-4-5-15-12(16)11(8)13(17)18/h2-6H,1H3,(H,15,16)(H,17,18). The van der Waals surface area contributed by atoms with Gasteiger partial charge in [0.05, 0.1) is 7.11 Å². The van der Waals surface area contributed by atoms with E-state index in [0.29, 0.717) is 16.9 Å². The lowest BCUT2D eigenvalue weighted by Crippen LogP contribution is -2.18. The molecule has 98 valence electrons. The van der Waals surface area contributed by atoms with Crippen molar-refractivity contribution < 1.29 is 14.6 Å². The van der Waals surface area contributed by atoms with Gasteiger partial charge in [-0.05, 0) is 24.3 Å². The predicted octanol–water partition coefficient (Wildman–Crippen LogP) is 2.51. The highest BCUT2D eigenvalue weighted by molar-refractivity contribution is 9.10. The second kappa shape index (κ2) is 5.27. The molecular weight excluding hydrogens is 314 g/mol. The van der Waals surface area contributed by atoms with Crippen molar-refractivity contribution in [2.45, 2.75) is 0 Å². The molecule has 1 aromatic carbocycles. The van der Waals surface area contributed by atoms with Gasteiger partial charge in [-0.3, -0.25) is 4.79 Å². The summed E-state index contributed by atoms with van der Waals surface area (Å²) in [4.78, 5) is 25.2. The molecule has 0 unspecified atom stereocenters. The van der Waals surface area contributed by atoms with Gasteiger partial charge in [-0.2, -0.15) is 0 Å². The summed E-state index contributed by atoms with van der Waals surface area (Å²) in [5.41, 5.74) is -0.0966. The van der Waals surface area contributed by atoms with E-state index in [1.165, 1.54) is 19.4 Å². The Kier molecular flexibility index (Phi) is 3.71. The van der Waals surface area contributed by atoms with Crippen LogP contribution in [0.25, 0.3) is 11.1 Å². The highest BCUT2D eigenvalue weighted by atomic mass is 79.9. The van der Waals surface area contributed by atoms with Crippen LogP contribution in [0.3, 0.4) is 0 Å². The van der Waals surface area contributed by atoms with Crippen molar-refractivity contribution in [3.8, 4) is 16.9 Å². The van der Waals surface area contributed by atoms with Crippen molar-refractivity contribution >= 4 is 21.9 Å². The first-order valence-electron chi connectivity index (χ1n) is 5.33. The highest BCUT2D eigenvalue weighted by Gasteiger charge is 2.18. The zero-order valence-electron chi connectivity index (χ0n) is 9.94. The number of methoxy groups -OCH3 is 1. The average molecular weight is 324 g/mol. The van der Waals surface area contributed by atoms with Crippen LogP contribution in [-0.4, -0.2) is 23.2 Å². The molecule has 0 aliphatic heterocycles. The normalized spacial score (nSPS) is 10.2. The summed E-state index contributed by atoms with van der Waals surface area (Å²) < 4.78 is 5.97. The van der Waals surface area contributed by atoms with Crippen molar-refractivity contribution in [1.82, 2.24) is 4.98 Å². The molecule has 0 fully saturated rings. The zero-order chi connectivity index (χ0) is 14.0. The molecule has 0 atom stereocenters. The Balaban J connectivity index is 2.79. The van der Waals surface area contributed by atoms with Gasteiger partial charge in [-0.25, -0.2) is 4.79 Å². The quantitative estimate of drug-likeness (QED) is 0.909. The van der Waals surface area contributed by atoms with Crippen LogP contribution < -0.4 is 10.3 Å². The number of benzene rings is 1. The van der Waals surface area contributed by atoms with E-state index in [1.807, 2.05) is 0 Å². The van der Waals surface area contributed by atoms with E-state index in [1.54, 1.807) is 18.2 Å². The van der Waals surface area contributed by atoms with Gasteiger partial charge >= 0.3 is 5.97 Å². The smallest absolute Gasteiger partial charge is 0.341 e. The number of halogens is 1. The molecule has 0 aliphatic carbocycles. The SMILES string of the molecule is COc1ccc(Br)cc1-c1cc[nH]c(=O)c1C(=O)O. The molecule has 0 saturated heterocycles. The molecule has 2 rings (SSSR count). The number of aromatic amines is 1. The summed E-state index contributed by atoms with van der Waals surface area (Å²) in [6.45, 7) is 0. The van der Waals surface area contributed by atoms with Gasteiger partial charge in [0.15, 0.2) is 0 Å². The van der Waals surface area contributed by atoms with Crippen LogP contribution in [0.5, 0.6) is 5.75 Å². The molecule has 1 aromatic heterocycles. The summed E-state index contributed by atoms with van der Waals surface area (Å²) in [5.74, 6) is -0.782. The predicted molar refractivity (Wildman–Crippen MR) is 73.7 cm³/mol. The zero-order valence-corrected chi connectivity index (χ0v) is 11.5. The number of aromatic carboxylic acids is 1. The third-order valence-electron chi connectivity index (χ3n) is 2.63. The van der Waals surface area contributed by atoms with Gasteiger partial charge in [0.1, 0.15) is 11.3 Å². The second-order valence-electron chi connectivity index (χ2n) is 3.75. The molecule has 1 heterocycles. The number of carbonyl (C=O) groups is 1. The van der Waals surface area contributed by atoms with Crippen molar-refractivity contribution in [2.75, 3.05) is 7.11 Å². The van der Waals surface area contributed by atoms with Crippen LogP contribution >= 0.6 is 15.9 Å². The van der Waals surface area contributed by atoms with E-state index >= 15 is 0 Å². The van der Waals surface area contributed by atoms with E-state index in [2.05, 4.69) is 20.9 Å². The number of rotatable bonds is 3. The maximum absolute atomic E-state index is 11.7. The topological polar surface area (TPSA) is 79.4 Å². The number of aromatic nitrogens is 1. The third kappa shape index (κ3) is 2.53. The van der Waals surface area contributed by atoms with Crippen LogP contribution in [0.4, 0.5) is 0 Å². The minimum atomic E-state index is -1.28. The lowest BCUT2D eigenvalue weighted by Gasteiger charge is -2.10. The Labute approximate surface area is 117 Å². The molecule has 19 heavy (non-hydrogen) atoms. The van der Waals surface area contributed by atoms with Crippen LogP contribution in [0.2, 0.25) is 0 Å². The molecule has 2 N–H and O–H groups in total. The minimum Gasteiger partial charge on any atom is -0.496 e. The number of carboxylic acid groups (broad SMARTS) is 1. The summed E-state index contributed by atoms with van der Waals surface area (Å²) in [6.07, 6.45) is 1.41. The Morgan fingerprint density at radius 2 is 2.05 bits per heavy atom. The number of ether oxygens (including phenoxy) is 1. The number of H-pyrrole nitrogens is 1. The van der Waals surface area contributed by atoms with Gasteiger partial charge in [0, 0.05) is 21.8 Å². The Morgan fingerprint density at radius 1 is 1.32 bits per heavy atom. The molecule has 2 aromatic rings. The number of nitrogens with one attached hydrogen (secondary N) is 1. The number of hydrogen-bond acceptors (Lipinski definition) is 3. The first-order valence-corrected chi connectivity index (χ1v) is 6.12. The van der Waals surface area contributed by atoms with Gasteiger partial charge in [0.2, 0.25) is 0 Å². The van der Waals surface area contributed by atoms with E-state index in [-0.39, 0.29) is 5.56 Å². The summed E-state index contributed by atoms with van der Waals surface area (Å²) in [6, 6.07) is 6.72. The Morgan fingerprint density at radius 3 is 2.68 bits per heavy atom. The fourth-order valence-electron chi connectivity index (χ4n) is 1.81. The Hall–Kier alpha value is -2.08. The third-order valence-corrected chi connectivity index (χ3v) is 3.12. The van der Waals surface area contributed by atoms with Crippen LogP contribution in [0, 0.1) is 0 Å². The van der Waals surface area contributed by atoms with E-state index < -0.39 is 11.5 Å². The lowest BCUT2D eigenvalue weighted by atomic mass is 10.0. The molecule has 0 radical (unpaired) electrons. The van der Waals surface area contributed by atoms with Crippen LogP contribution in [0.1, 0.15) is 10.4 Å². The molecule has 0 saturated carbocycles. The highest BCUT2D eigenvalue weighted by Crippen LogP contribution is 2.33. The summed E-state index contributed by atoms with van der Waals surface area (Å²) in [5, 5.41) is 9.17. The monoisotopic (exact) mass is 323 g/mol. The maximum Gasteiger partial charge on any atom is 0.341 e.